The first-order valence-corrected chi connectivity index (χ1v) is 7.21. The molecule has 0 spiro atoms. The van der Waals surface area contributed by atoms with Gasteiger partial charge in [-0.1, -0.05) is 44.2 Å². The summed E-state index contributed by atoms with van der Waals surface area (Å²) < 4.78 is 0. The van der Waals surface area contributed by atoms with E-state index in [1.54, 1.807) is 0 Å². The van der Waals surface area contributed by atoms with Crippen LogP contribution < -0.4 is 11.1 Å². The highest BCUT2D eigenvalue weighted by atomic mass is 16.3. The van der Waals surface area contributed by atoms with E-state index >= 15 is 0 Å². The number of carbonyl (C=O) groups excluding carboxylic acids is 2. The summed E-state index contributed by atoms with van der Waals surface area (Å²) in [5, 5.41) is 12.4. The van der Waals surface area contributed by atoms with Gasteiger partial charge >= 0.3 is 0 Å². The van der Waals surface area contributed by atoms with Crippen molar-refractivity contribution in [3.05, 3.63) is 35.9 Å². The standard InChI is InChI=1S/C16H24N2O3/c1-11(2)10-13(15(17)20)18-16(21)14(19)9-8-12-6-4-3-5-7-12/h3-7,11,13-14,19H,8-10H2,1-2H3,(H2,17,20)(H,18,21)/t13-,14-/m0/s1. The smallest absolute Gasteiger partial charge is 0.249 e. The molecule has 5 heteroatoms. The number of hydrogen-bond donors (Lipinski definition) is 3. The average Bonchev–Trinajstić information content (AvgIpc) is 2.44. The van der Waals surface area contributed by atoms with Crippen molar-refractivity contribution in [2.24, 2.45) is 11.7 Å². The van der Waals surface area contributed by atoms with Gasteiger partial charge in [0.1, 0.15) is 12.1 Å². The van der Waals surface area contributed by atoms with Crippen molar-refractivity contribution in [3.8, 4) is 0 Å². The van der Waals surface area contributed by atoms with Crippen molar-refractivity contribution in [3.63, 3.8) is 0 Å². The summed E-state index contributed by atoms with van der Waals surface area (Å²) in [5.74, 6) is -0.896. The van der Waals surface area contributed by atoms with Gasteiger partial charge in [-0.3, -0.25) is 9.59 Å². The number of nitrogens with one attached hydrogen (secondary N) is 1. The molecule has 0 radical (unpaired) electrons. The van der Waals surface area contributed by atoms with Gasteiger partial charge in [-0.05, 0) is 30.7 Å². The second kappa shape index (κ2) is 8.42. The molecule has 0 aromatic heterocycles. The molecule has 0 unspecified atom stereocenters. The number of primary amides is 1. The zero-order valence-corrected chi connectivity index (χ0v) is 12.6. The molecule has 5 nitrogen and oxygen atoms in total. The van der Waals surface area contributed by atoms with Crippen molar-refractivity contribution in [1.29, 1.82) is 0 Å². The highest BCUT2D eigenvalue weighted by Gasteiger charge is 2.23. The second-order valence-electron chi connectivity index (χ2n) is 5.63. The Bertz CT molecular complexity index is 460. The molecular formula is C16H24N2O3. The lowest BCUT2D eigenvalue weighted by atomic mass is 10.0. The predicted molar refractivity (Wildman–Crippen MR) is 81.3 cm³/mol. The molecular weight excluding hydrogens is 268 g/mol. The largest absolute Gasteiger partial charge is 0.383 e. The predicted octanol–water partition coefficient (Wildman–Crippen LogP) is 0.996. The Balaban J connectivity index is 2.47. The first kappa shape index (κ1) is 17.2. The maximum absolute atomic E-state index is 11.9. The quantitative estimate of drug-likeness (QED) is 0.667. The minimum atomic E-state index is -1.14. The van der Waals surface area contributed by atoms with Gasteiger partial charge in [-0.2, -0.15) is 0 Å². The molecule has 2 amide bonds. The Labute approximate surface area is 125 Å². The van der Waals surface area contributed by atoms with Gasteiger partial charge in [0.15, 0.2) is 0 Å². The van der Waals surface area contributed by atoms with Crippen LogP contribution in [0.4, 0.5) is 0 Å². The molecule has 0 saturated heterocycles. The topological polar surface area (TPSA) is 92.4 Å². The van der Waals surface area contributed by atoms with Crippen LogP contribution in [0.25, 0.3) is 0 Å². The van der Waals surface area contributed by atoms with E-state index in [0.717, 1.165) is 5.56 Å². The molecule has 116 valence electrons. The molecule has 4 N–H and O–H groups in total. The average molecular weight is 292 g/mol. The molecule has 0 bridgehead atoms. The van der Waals surface area contributed by atoms with Crippen LogP contribution in [0.2, 0.25) is 0 Å². The van der Waals surface area contributed by atoms with Crippen LogP contribution in [0.15, 0.2) is 30.3 Å². The van der Waals surface area contributed by atoms with Gasteiger partial charge in [-0.15, -0.1) is 0 Å². The Hall–Kier alpha value is -1.88. The van der Waals surface area contributed by atoms with E-state index in [1.807, 2.05) is 44.2 Å². The molecule has 0 saturated carbocycles. The molecule has 2 atom stereocenters. The first-order chi connectivity index (χ1) is 9.90. The third-order valence-electron chi connectivity index (χ3n) is 3.22. The number of aliphatic hydroxyl groups is 1. The van der Waals surface area contributed by atoms with E-state index in [2.05, 4.69) is 5.32 Å². The maximum Gasteiger partial charge on any atom is 0.249 e. The number of carbonyl (C=O) groups is 2. The lowest BCUT2D eigenvalue weighted by molar-refractivity contribution is -0.133. The second-order valence-corrected chi connectivity index (χ2v) is 5.63. The maximum atomic E-state index is 11.9. The van der Waals surface area contributed by atoms with Crippen LogP contribution in [0, 0.1) is 5.92 Å². The number of amides is 2. The number of benzene rings is 1. The summed E-state index contributed by atoms with van der Waals surface area (Å²) in [7, 11) is 0. The van der Waals surface area contributed by atoms with Crippen molar-refractivity contribution < 1.29 is 14.7 Å². The molecule has 0 fully saturated rings. The van der Waals surface area contributed by atoms with Gasteiger partial charge < -0.3 is 16.2 Å². The van der Waals surface area contributed by atoms with Crippen LogP contribution in [0.5, 0.6) is 0 Å². The summed E-state index contributed by atoms with van der Waals surface area (Å²) in [4.78, 5) is 23.2. The van der Waals surface area contributed by atoms with Crippen LogP contribution in [0.1, 0.15) is 32.3 Å². The molecule has 1 aromatic carbocycles. The van der Waals surface area contributed by atoms with Crippen LogP contribution in [-0.2, 0) is 16.0 Å². The normalized spacial score (nSPS) is 13.7. The Morgan fingerprint density at radius 3 is 2.38 bits per heavy atom. The van der Waals surface area contributed by atoms with E-state index in [1.165, 1.54) is 0 Å². The lowest BCUT2D eigenvalue weighted by Gasteiger charge is -2.19. The minimum absolute atomic E-state index is 0.226. The molecule has 0 aliphatic carbocycles. The van der Waals surface area contributed by atoms with Crippen molar-refractivity contribution >= 4 is 11.8 Å². The monoisotopic (exact) mass is 292 g/mol. The van der Waals surface area contributed by atoms with Crippen LogP contribution >= 0.6 is 0 Å². The molecule has 1 aromatic rings. The summed E-state index contributed by atoms with van der Waals surface area (Å²) in [6, 6.07) is 8.88. The SMILES string of the molecule is CC(C)C[C@H](NC(=O)[C@@H](O)CCc1ccccc1)C(N)=O. The van der Waals surface area contributed by atoms with Gasteiger partial charge in [-0.25, -0.2) is 0 Å². The third kappa shape index (κ3) is 6.40. The molecule has 0 heterocycles. The van der Waals surface area contributed by atoms with Crippen LogP contribution in [0.3, 0.4) is 0 Å². The third-order valence-corrected chi connectivity index (χ3v) is 3.22. The van der Waals surface area contributed by atoms with Crippen molar-refractivity contribution in [2.75, 3.05) is 0 Å². The summed E-state index contributed by atoms with van der Waals surface area (Å²) in [6.07, 6.45) is 0.232. The zero-order valence-electron chi connectivity index (χ0n) is 12.6. The zero-order chi connectivity index (χ0) is 15.8. The van der Waals surface area contributed by atoms with Crippen molar-refractivity contribution in [1.82, 2.24) is 5.32 Å². The molecule has 21 heavy (non-hydrogen) atoms. The van der Waals surface area contributed by atoms with Gasteiger partial charge in [0.05, 0.1) is 0 Å². The van der Waals surface area contributed by atoms with Crippen molar-refractivity contribution in [2.45, 2.75) is 45.3 Å². The molecule has 0 aliphatic heterocycles. The first-order valence-electron chi connectivity index (χ1n) is 7.21. The number of hydrogen-bond acceptors (Lipinski definition) is 3. The summed E-state index contributed by atoms with van der Waals surface area (Å²) >= 11 is 0. The number of aryl methyl sites for hydroxylation is 1. The Morgan fingerprint density at radius 2 is 1.86 bits per heavy atom. The number of nitrogens with two attached hydrogens (primary N) is 1. The summed E-state index contributed by atoms with van der Waals surface area (Å²) in [6.45, 7) is 3.88. The van der Waals surface area contributed by atoms with E-state index in [4.69, 9.17) is 5.73 Å². The van der Waals surface area contributed by atoms with E-state index in [9.17, 15) is 14.7 Å². The highest BCUT2D eigenvalue weighted by Crippen LogP contribution is 2.07. The molecule has 0 aliphatic rings. The molecule has 1 rings (SSSR count). The minimum Gasteiger partial charge on any atom is -0.383 e. The summed E-state index contributed by atoms with van der Waals surface area (Å²) in [5.41, 5.74) is 6.32. The highest BCUT2D eigenvalue weighted by molar-refractivity contribution is 5.88. The van der Waals surface area contributed by atoms with Gasteiger partial charge in [0.2, 0.25) is 11.8 Å². The Morgan fingerprint density at radius 1 is 1.24 bits per heavy atom. The van der Waals surface area contributed by atoms with E-state index in [0.29, 0.717) is 19.3 Å². The van der Waals surface area contributed by atoms with Crippen LogP contribution in [-0.4, -0.2) is 29.1 Å². The van der Waals surface area contributed by atoms with Gasteiger partial charge in [0, 0.05) is 0 Å². The number of rotatable bonds is 8. The van der Waals surface area contributed by atoms with Gasteiger partial charge in [0.25, 0.3) is 0 Å². The fraction of sp³-hybridized carbons (Fsp3) is 0.500. The lowest BCUT2D eigenvalue weighted by Crippen LogP contribution is -2.48. The van der Waals surface area contributed by atoms with E-state index in [-0.39, 0.29) is 5.92 Å². The Kier molecular flexibility index (Phi) is 6.88. The fourth-order valence-corrected chi connectivity index (χ4v) is 2.06. The fourth-order valence-electron chi connectivity index (χ4n) is 2.06. The number of aliphatic hydroxyl groups excluding tert-OH is 1. The van der Waals surface area contributed by atoms with E-state index < -0.39 is 24.0 Å².